The first-order valence-corrected chi connectivity index (χ1v) is 11.2. The average molecular weight is 450 g/mol. The molecule has 8 heteroatoms. The molecule has 1 N–H and O–H groups in total. The molecule has 3 aromatic rings. The second-order valence-corrected chi connectivity index (χ2v) is 8.22. The lowest BCUT2D eigenvalue weighted by Crippen LogP contribution is -2.52. The van der Waals surface area contributed by atoms with Gasteiger partial charge in [0.2, 0.25) is 5.91 Å². The van der Waals surface area contributed by atoms with Crippen LogP contribution >= 0.6 is 11.3 Å². The van der Waals surface area contributed by atoms with Gasteiger partial charge in [0.1, 0.15) is 11.5 Å². The molecule has 0 unspecified atom stereocenters. The second-order valence-electron chi connectivity index (χ2n) is 7.27. The lowest BCUT2D eigenvalue weighted by molar-refractivity contribution is -0.131. The first-order chi connectivity index (χ1) is 15.6. The predicted octanol–water partition coefficient (Wildman–Crippen LogP) is 3.25. The van der Waals surface area contributed by atoms with Gasteiger partial charge in [0, 0.05) is 31.7 Å². The van der Waals surface area contributed by atoms with Gasteiger partial charge in [-0.3, -0.25) is 14.4 Å². The van der Waals surface area contributed by atoms with E-state index in [1.54, 1.807) is 40.1 Å². The molecule has 1 fully saturated rings. The molecule has 2 aromatic carbocycles. The molecule has 164 valence electrons. The Hall–Kier alpha value is -3.65. The molecule has 1 aliphatic heterocycles. The molecule has 2 heterocycles. The van der Waals surface area contributed by atoms with Gasteiger partial charge in [-0.05, 0) is 47.8 Å². The summed E-state index contributed by atoms with van der Waals surface area (Å²) in [5, 5.41) is 4.55. The summed E-state index contributed by atoms with van der Waals surface area (Å²) in [6, 6.07) is 19.8. The van der Waals surface area contributed by atoms with Crippen molar-refractivity contribution >= 4 is 29.1 Å². The van der Waals surface area contributed by atoms with Crippen LogP contribution in [0.2, 0.25) is 0 Å². The van der Waals surface area contributed by atoms with Crippen LogP contribution in [0.4, 0.5) is 0 Å². The minimum atomic E-state index is -0.323. The number of rotatable bonds is 6. The van der Waals surface area contributed by atoms with E-state index < -0.39 is 0 Å². The number of nitrogens with zero attached hydrogens (tertiary/aromatic N) is 2. The van der Waals surface area contributed by atoms with E-state index in [9.17, 15) is 14.4 Å². The Morgan fingerprint density at radius 1 is 0.812 bits per heavy atom. The lowest BCUT2D eigenvalue weighted by atomic mass is 10.2. The minimum Gasteiger partial charge on any atom is -0.457 e. The number of piperazine rings is 1. The fraction of sp³-hybridized carbons (Fsp3) is 0.208. The van der Waals surface area contributed by atoms with Gasteiger partial charge in [-0.15, -0.1) is 11.3 Å². The number of hydrogen-bond donors (Lipinski definition) is 1. The molecule has 0 saturated carbocycles. The summed E-state index contributed by atoms with van der Waals surface area (Å²) in [7, 11) is 0. The van der Waals surface area contributed by atoms with Crippen LogP contribution in [-0.2, 0) is 4.79 Å². The SMILES string of the molecule is O=C(NCC(=O)N1CCN(C(=O)c2cccs2)CC1)c1ccc(Oc2ccccc2)cc1. The largest absolute Gasteiger partial charge is 0.457 e. The Bertz CT molecular complexity index is 1060. The third-order valence-electron chi connectivity index (χ3n) is 5.15. The van der Waals surface area contributed by atoms with Gasteiger partial charge in [-0.2, -0.15) is 0 Å². The highest BCUT2D eigenvalue weighted by atomic mass is 32.1. The molecule has 0 aliphatic carbocycles. The summed E-state index contributed by atoms with van der Waals surface area (Å²) in [6.45, 7) is 1.80. The number of carbonyl (C=O) groups is 3. The highest BCUT2D eigenvalue weighted by molar-refractivity contribution is 7.12. The van der Waals surface area contributed by atoms with E-state index in [0.29, 0.717) is 48.1 Å². The van der Waals surface area contributed by atoms with Crippen molar-refractivity contribution in [1.29, 1.82) is 0 Å². The number of benzene rings is 2. The third kappa shape index (κ3) is 5.33. The summed E-state index contributed by atoms with van der Waals surface area (Å²) in [6.07, 6.45) is 0. The molecule has 32 heavy (non-hydrogen) atoms. The van der Waals surface area contributed by atoms with E-state index in [0.717, 1.165) is 0 Å². The van der Waals surface area contributed by atoms with Crippen molar-refractivity contribution in [2.75, 3.05) is 32.7 Å². The fourth-order valence-electron chi connectivity index (χ4n) is 3.38. The van der Waals surface area contributed by atoms with Crippen molar-refractivity contribution in [2.24, 2.45) is 0 Å². The van der Waals surface area contributed by atoms with E-state index in [4.69, 9.17) is 4.74 Å². The van der Waals surface area contributed by atoms with Gasteiger partial charge in [-0.1, -0.05) is 24.3 Å². The first kappa shape index (κ1) is 21.6. The average Bonchev–Trinajstić information content (AvgIpc) is 3.38. The first-order valence-electron chi connectivity index (χ1n) is 10.3. The molecule has 0 radical (unpaired) electrons. The molecule has 1 saturated heterocycles. The number of para-hydroxylation sites is 1. The smallest absolute Gasteiger partial charge is 0.264 e. The summed E-state index contributed by atoms with van der Waals surface area (Å²) < 4.78 is 5.72. The van der Waals surface area contributed by atoms with Crippen molar-refractivity contribution in [3.05, 3.63) is 82.6 Å². The van der Waals surface area contributed by atoms with Crippen LogP contribution in [-0.4, -0.2) is 60.2 Å². The highest BCUT2D eigenvalue weighted by Crippen LogP contribution is 2.21. The number of carbonyl (C=O) groups excluding carboxylic acids is 3. The minimum absolute atomic E-state index is 0.0000857. The quantitative estimate of drug-likeness (QED) is 0.627. The number of hydrogen-bond acceptors (Lipinski definition) is 5. The van der Waals surface area contributed by atoms with Gasteiger partial charge in [0.15, 0.2) is 0 Å². The van der Waals surface area contributed by atoms with Crippen LogP contribution in [0, 0.1) is 0 Å². The van der Waals surface area contributed by atoms with Crippen molar-refractivity contribution in [1.82, 2.24) is 15.1 Å². The van der Waals surface area contributed by atoms with Crippen molar-refractivity contribution in [3.63, 3.8) is 0 Å². The molecule has 0 bridgehead atoms. The maximum Gasteiger partial charge on any atom is 0.264 e. The zero-order chi connectivity index (χ0) is 22.3. The standard InChI is InChI=1S/C24H23N3O4S/c28-22(26-12-14-27(15-13-26)24(30)21-7-4-16-32-21)17-25-23(29)18-8-10-20(11-9-18)31-19-5-2-1-3-6-19/h1-11,16H,12-15,17H2,(H,25,29). The van der Waals surface area contributed by atoms with E-state index in [2.05, 4.69) is 5.32 Å². The van der Waals surface area contributed by atoms with Gasteiger partial charge in [-0.25, -0.2) is 0 Å². The summed E-state index contributed by atoms with van der Waals surface area (Å²) in [5.74, 6) is 0.855. The maximum absolute atomic E-state index is 12.5. The second kappa shape index (κ2) is 10.1. The van der Waals surface area contributed by atoms with Gasteiger partial charge >= 0.3 is 0 Å². The maximum atomic E-state index is 12.5. The van der Waals surface area contributed by atoms with E-state index in [1.807, 2.05) is 41.8 Å². The van der Waals surface area contributed by atoms with Crippen LogP contribution in [0.15, 0.2) is 72.1 Å². The van der Waals surface area contributed by atoms with Crippen LogP contribution in [0.25, 0.3) is 0 Å². The van der Waals surface area contributed by atoms with Crippen LogP contribution in [0.5, 0.6) is 11.5 Å². The molecule has 4 rings (SSSR count). The predicted molar refractivity (Wildman–Crippen MR) is 122 cm³/mol. The Kier molecular flexibility index (Phi) is 6.81. The summed E-state index contributed by atoms with van der Waals surface area (Å²) in [5.41, 5.74) is 0.449. The van der Waals surface area contributed by atoms with E-state index >= 15 is 0 Å². The molecular formula is C24H23N3O4S. The van der Waals surface area contributed by atoms with Crippen LogP contribution in [0.1, 0.15) is 20.0 Å². The van der Waals surface area contributed by atoms with Gasteiger partial charge < -0.3 is 19.9 Å². The molecule has 3 amide bonds. The molecule has 1 aliphatic rings. The number of amides is 3. The molecule has 7 nitrogen and oxygen atoms in total. The highest BCUT2D eigenvalue weighted by Gasteiger charge is 2.25. The Morgan fingerprint density at radius 2 is 1.47 bits per heavy atom. The van der Waals surface area contributed by atoms with Gasteiger partial charge in [0.25, 0.3) is 11.8 Å². The lowest BCUT2D eigenvalue weighted by Gasteiger charge is -2.34. The van der Waals surface area contributed by atoms with Crippen LogP contribution in [0.3, 0.4) is 0 Å². The zero-order valence-corrected chi connectivity index (χ0v) is 18.2. The number of ether oxygens (including phenoxy) is 1. The topological polar surface area (TPSA) is 79.0 Å². The van der Waals surface area contributed by atoms with E-state index in [1.165, 1.54) is 11.3 Å². The zero-order valence-electron chi connectivity index (χ0n) is 17.4. The summed E-state index contributed by atoms with van der Waals surface area (Å²) in [4.78, 5) is 41.4. The Labute approximate surface area is 190 Å². The molecule has 0 atom stereocenters. The van der Waals surface area contributed by atoms with Crippen molar-refractivity contribution < 1.29 is 19.1 Å². The Morgan fingerprint density at radius 3 is 2.12 bits per heavy atom. The number of nitrogens with one attached hydrogen (secondary N) is 1. The fourth-order valence-corrected chi connectivity index (χ4v) is 4.07. The van der Waals surface area contributed by atoms with Crippen molar-refractivity contribution in [3.8, 4) is 11.5 Å². The number of thiophene rings is 1. The Balaban J connectivity index is 1.22. The normalized spacial score (nSPS) is 13.5. The van der Waals surface area contributed by atoms with Gasteiger partial charge in [0.05, 0.1) is 11.4 Å². The summed E-state index contributed by atoms with van der Waals surface area (Å²) >= 11 is 1.41. The van der Waals surface area contributed by atoms with E-state index in [-0.39, 0.29) is 24.3 Å². The third-order valence-corrected chi connectivity index (χ3v) is 6.00. The molecule has 1 aromatic heterocycles. The van der Waals surface area contributed by atoms with Crippen molar-refractivity contribution in [2.45, 2.75) is 0 Å². The monoisotopic (exact) mass is 449 g/mol. The molecular weight excluding hydrogens is 426 g/mol. The van der Waals surface area contributed by atoms with Crippen LogP contribution < -0.4 is 10.1 Å². The molecule has 0 spiro atoms.